The van der Waals surface area contributed by atoms with Gasteiger partial charge >= 0.3 is 6.18 Å². The molecule has 0 aliphatic carbocycles. The Kier molecular flexibility index (Phi) is 2.98. The Hall–Kier alpha value is -1.26. The maximum absolute atomic E-state index is 12.1. The van der Waals surface area contributed by atoms with Gasteiger partial charge in [0.05, 0.1) is 6.42 Å². The molecule has 78 valence electrons. The molecule has 0 amide bonds. The van der Waals surface area contributed by atoms with Crippen LogP contribution < -0.4 is 5.73 Å². The van der Waals surface area contributed by atoms with Crippen molar-refractivity contribution in [2.45, 2.75) is 25.4 Å². The van der Waals surface area contributed by atoms with Crippen LogP contribution in [0.4, 0.5) is 19.0 Å². The van der Waals surface area contributed by atoms with Crippen molar-refractivity contribution in [2.75, 3.05) is 5.73 Å². The van der Waals surface area contributed by atoms with Crippen LogP contribution in [0.25, 0.3) is 0 Å². The van der Waals surface area contributed by atoms with Crippen molar-refractivity contribution < 1.29 is 13.2 Å². The summed E-state index contributed by atoms with van der Waals surface area (Å²) in [5.41, 5.74) is 5.91. The molecular formula is C9H11F3N2. The van der Waals surface area contributed by atoms with E-state index in [-0.39, 0.29) is 5.82 Å². The van der Waals surface area contributed by atoms with Gasteiger partial charge in [0.2, 0.25) is 0 Å². The third-order valence-electron chi connectivity index (χ3n) is 1.94. The van der Waals surface area contributed by atoms with Crippen molar-refractivity contribution in [3.63, 3.8) is 0 Å². The Bertz CT molecular complexity index is 309. The smallest absolute Gasteiger partial charge is 0.383 e. The second-order valence-corrected chi connectivity index (χ2v) is 3.20. The molecule has 0 fully saturated rings. The van der Waals surface area contributed by atoms with Crippen molar-refractivity contribution >= 4 is 5.82 Å². The molecule has 0 radical (unpaired) electrons. The lowest BCUT2D eigenvalue weighted by Crippen LogP contribution is -2.13. The molecule has 1 unspecified atom stereocenters. The zero-order valence-corrected chi connectivity index (χ0v) is 7.67. The average Bonchev–Trinajstić information content (AvgIpc) is 2.01. The van der Waals surface area contributed by atoms with E-state index in [4.69, 9.17) is 5.73 Å². The number of alkyl halides is 3. The zero-order chi connectivity index (χ0) is 10.8. The van der Waals surface area contributed by atoms with Gasteiger partial charge in [-0.25, -0.2) is 4.98 Å². The zero-order valence-electron chi connectivity index (χ0n) is 7.67. The lowest BCUT2D eigenvalue weighted by atomic mass is 9.98. The number of aromatic nitrogens is 1. The van der Waals surface area contributed by atoms with Crippen LogP contribution in [-0.2, 0) is 0 Å². The number of hydrogen-bond acceptors (Lipinski definition) is 2. The van der Waals surface area contributed by atoms with Crippen LogP contribution in [0.15, 0.2) is 18.3 Å². The molecule has 1 aromatic heterocycles. The third kappa shape index (κ3) is 2.90. The predicted molar refractivity (Wildman–Crippen MR) is 47.7 cm³/mol. The fourth-order valence-corrected chi connectivity index (χ4v) is 1.30. The molecule has 1 heterocycles. The Morgan fingerprint density at radius 3 is 2.64 bits per heavy atom. The molecule has 0 aliphatic heterocycles. The standard InChI is InChI=1S/C9H11F3N2/c1-6(5-9(10,11)12)7-3-2-4-14-8(7)13/h2-4,6H,5H2,1H3,(H2,13,14). The van der Waals surface area contributed by atoms with Crippen LogP contribution in [0.5, 0.6) is 0 Å². The van der Waals surface area contributed by atoms with Gasteiger partial charge in [-0.1, -0.05) is 13.0 Å². The van der Waals surface area contributed by atoms with E-state index < -0.39 is 18.5 Å². The fourth-order valence-electron chi connectivity index (χ4n) is 1.30. The third-order valence-corrected chi connectivity index (χ3v) is 1.94. The minimum atomic E-state index is -4.16. The van der Waals surface area contributed by atoms with E-state index in [0.717, 1.165) is 0 Å². The summed E-state index contributed by atoms with van der Waals surface area (Å²) in [5.74, 6) is -0.479. The van der Waals surface area contributed by atoms with E-state index in [1.54, 1.807) is 12.1 Å². The van der Waals surface area contributed by atoms with Gasteiger partial charge in [0.25, 0.3) is 0 Å². The van der Waals surface area contributed by atoms with Crippen molar-refractivity contribution in [3.8, 4) is 0 Å². The van der Waals surface area contributed by atoms with Gasteiger partial charge in [-0.05, 0) is 17.5 Å². The highest BCUT2D eigenvalue weighted by Gasteiger charge is 2.31. The number of anilines is 1. The van der Waals surface area contributed by atoms with Crippen LogP contribution in [0, 0.1) is 0 Å². The Morgan fingerprint density at radius 2 is 2.14 bits per heavy atom. The first-order valence-electron chi connectivity index (χ1n) is 4.17. The van der Waals surface area contributed by atoms with Crippen LogP contribution in [-0.4, -0.2) is 11.2 Å². The summed E-state index contributed by atoms with van der Waals surface area (Å²) < 4.78 is 36.2. The summed E-state index contributed by atoms with van der Waals surface area (Å²) in [6.45, 7) is 1.49. The number of nitrogens with zero attached hydrogens (tertiary/aromatic N) is 1. The first-order valence-corrected chi connectivity index (χ1v) is 4.17. The predicted octanol–water partition coefficient (Wildman–Crippen LogP) is 2.72. The number of pyridine rings is 1. The van der Waals surface area contributed by atoms with Gasteiger partial charge in [-0.2, -0.15) is 13.2 Å². The molecule has 1 aromatic rings. The quantitative estimate of drug-likeness (QED) is 0.804. The van der Waals surface area contributed by atoms with Crippen molar-refractivity contribution in [3.05, 3.63) is 23.9 Å². The maximum Gasteiger partial charge on any atom is 0.389 e. The molecule has 0 spiro atoms. The molecule has 0 saturated carbocycles. The average molecular weight is 204 g/mol. The van der Waals surface area contributed by atoms with E-state index in [1.165, 1.54) is 13.1 Å². The molecule has 0 saturated heterocycles. The van der Waals surface area contributed by atoms with Gasteiger partial charge < -0.3 is 5.73 Å². The van der Waals surface area contributed by atoms with Crippen LogP contribution in [0.3, 0.4) is 0 Å². The first-order chi connectivity index (χ1) is 6.40. The van der Waals surface area contributed by atoms with Crippen molar-refractivity contribution in [1.29, 1.82) is 0 Å². The summed E-state index contributed by atoms with van der Waals surface area (Å²) in [5, 5.41) is 0. The highest BCUT2D eigenvalue weighted by Crippen LogP contribution is 2.32. The summed E-state index contributed by atoms with van der Waals surface area (Å²) in [6, 6.07) is 3.15. The number of nitrogen functional groups attached to an aromatic ring is 1. The van der Waals surface area contributed by atoms with Crippen LogP contribution >= 0.6 is 0 Å². The SMILES string of the molecule is CC(CC(F)(F)F)c1cccnc1N. The van der Waals surface area contributed by atoms with Gasteiger partial charge in [-0.15, -0.1) is 0 Å². The van der Waals surface area contributed by atoms with E-state index in [1.807, 2.05) is 0 Å². The number of hydrogen-bond donors (Lipinski definition) is 1. The summed E-state index contributed by atoms with van der Waals surface area (Å²) >= 11 is 0. The van der Waals surface area contributed by atoms with E-state index in [2.05, 4.69) is 4.98 Å². The maximum atomic E-state index is 12.1. The number of rotatable bonds is 2. The Balaban J connectivity index is 2.80. The largest absolute Gasteiger partial charge is 0.389 e. The van der Waals surface area contributed by atoms with Gasteiger partial charge in [0.1, 0.15) is 5.82 Å². The molecule has 5 heteroatoms. The van der Waals surface area contributed by atoms with Gasteiger partial charge in [0.15, 0.2) is 0 Å². The van der Waals surface area contributed by atoms with Gasteiger partial charge in [0, 0.05) is 6.20 Å². The topological polar surface area (TPSA) is 38.9 Å². The minimum Gasteiger partial charge on any atom is -0.383 e. The lowest BCUT2D eigenvalue weighted by molar-refractivity contribution is -0.137. The van der Waals surface area contributed by atoms with E-state index in [0.29, 0.717) is 5.56 Å². The first kappa shape index (κ1) is 10.8. The molecule has 1 atom stereocenters. The normalized spacial score (nSPS) is 14.0. The molecular weight excluding hydrogens is 193 g/mol. The summed E-state index contributed by atoms with van der Waals surface area (Å²) in [6.07, 6.45) is -3.58. The summed E-state index contributed by atoms with van der Waals surface area (Å²) in [7, 11) is 0. The van der Waals surface area contributed by atoms with E-state index >= 15 is 0 Å². The monoisotopic (exact) mass is 204 g/mol. The molecule has 0 aromatic carbocycles. The number of nitrogens with two attached hydrogens (primary N) is 1. The minimum absolute atomic E-state index is 0.171. The van der Waals surface area contributed by atoms with Gasteiger partial charge in [-0.3, -0.25) is 0 Å². The summed E-state index contributed by atoms with van der Waals surface area (Å²) in [4.78, 5) is 3.74. The fraction of sp³-hybridized carbons (Fsp3) is 0.444. The molecule has 2 nitrogen and oxygen atoms in total. The van der Waals surface area contributed by atoms with Crippen molar-refractivity contribution in [1.82, 2.24) is 4.98 Å². The molecule has 14 heavy (non-hydrogen) atoms. The van der Waals surface area contributed by atoms with Crippen LogP contribution in [0.1, 0.15) is 24.8 Å². The molecule has 0 aliphatic rings. The molecule has 2 N–H and O–H groups in total. The number of halogens is 3. The molecule has 0 bridgehead atoms. The van der Waals surface area contributed by atoms with Crippen molar-refractivity contribution in [2.24, 2.45) is 0 Å². The van der Waals surface area contributed by atoms with Crippen LogP contribution in [0.2, 0.25) is 0 Å². The highest BCUT2D eigenvalue weighted by atomic mass is 19.4. The molecule has 1 rings (SSSR count). The second-order valence-electron chi connectivity index (χ2n) is 3.20. The Labute approximate surface area is 79.9 Å². The highest BCUT2D eigenvalue weighted by molar-refractivity contribution is 5.40. The van der Waals surface area contributed by atoms with E-state index in [9.17, 15) is 13.2 Å². The second kappa shape index (κ2) is 3.86. The Morgan fingerprint density at radius 1 is 1.50 bits per heavy atom. The lowest BCUT2D eigenvalue weighted by Gasteiger charge is -2.15.